The zero-order valence-electron chi connectivity index (χ0n) is 7.50. The number of ketones is 1. The van der Waals surface area contributed by atoms with Crippen LogP contribution in [0, 0.1) is 5.92 Å². The molecule has 2 N–H and O–H groups in total. The Morgan fingerprint density at radius 1 is 1.43 bits per heavy atom. The fourth-order valence-electron chi connectivity index (χ4n) is 1.31. The summed E-state index contributed by atoms with van der Waals surface area (Å²) in [5, 5.41) is 0.568. The second-order valence-electron chi connectivity index (χ2n) is 3.37. The van der Waals surface area contributed by atoms with Gasteiger partial charge in [-0.1, -0.05) is 11.6 Å². The Labute approximate surface area is 93.8 Å². The van der Waals surface area contributed by atoms with Crippen LogP contribution in [0.5, 0.6) is 0 Å². The van der Waals surface area contributed by atoms with Gasteiger partial charge in [-0.05, 0) is 31.0 Å². The summed E-state index contributed by atoms with van der Waals surface area (Å²) >= 11 is 5.78. The zero-order chi connectivity index (χ0) is 9.42. The van der Waals surface area contributed by atoms with Crippen LogP contribution >= 0.6 is 24.0 Å². The Morgan fingerprint density at radius 3 is 2.64 bits per heavy atom. The fourth-order valence-corrected chi connectivity index (χ4v) is 1.48. The summed E-state index contributed by atoms with van der Waals surface area (Å²) < 4.78 is 0. The van der Waals surface area contributed by atoms with Gasteiger partial charge in [0.1, 0.15) is 0 Å². The molecule has 0 atom stereocenters. The van der Waals surface area contributed by atoms with Gasteiger partial charge < -0.3 is 5.73 Å². The van der Waals surface area contributed by atoms with Crippen LogP contribution in [0.3, 0.4) is 0 Å². The summed E-state index contributed by atoms with van der Waals surface area (Å²) in [4.78, 5) is 11.6. The summed E-state index contributed by atoms with van der Waals surface area (Å²) in [6.07, 6.45) is 1.98. The van der Waals surface area contributed by atoms with Crippen LogP contribution in [0.2, 0.25) is 5.02 Å². The molecule has 1 fully saturated rings. The van der Waals surface area contributed by atoms with Gasteiger partial charge in [0.2, 0.25) is 0 Å². The molecule has 1 aromatic carbocycles. The molecule has 0 unspecified atom stereocenters. The van der Waals surface area contributed by atoms with Gasteiger partial charge >= 0.3 is 0 Å². The number of carbonyl (C=O) groups excluding carboxylic acids is 1. The molecule has 0 bridgehead atoms. The van der Waals surface area contributed by atoms with E-state index in [9.17, 15) is 4.79 Å². The van der Waals surface area contributed by atoms with E-state index in [4.69, 9.17) is 17.3 Å². The topological polar surface area (TPSA) is 43.1 Å². The number of hydrogen-bond donors (Lipinski definition) is 1. The van der Waals surface area contributed by atoms with Crippen molar-refractivity contribution in [2.75, 3.05) is 5.73 Å². The molecule has 1 aromatic rings. The number of carbonyl (C=O) groups is 1. The molecule has 0 amide bonds. The Bertz CT molecular complexity index is 361. The van der Waals surface area contributed by atoms with E-state index in [1.54, 1.807) is 18.2 Å². The first-order valence-electron chi connectivity index (χ1n) is 4.27. The molecule has 0 aliphatic heterocycles. The summed E-state index contributed by atoms with van der Waals surface area (Å²) in [6, 6.07) is 5.02. The third-order valence-corrected chi connectivity index (χ3v) is 2.46. The van der Waals surface area contributed by atoms with Gasteiger partial charge in [-0.2, -0.15) is 0 Å². The highest BCUT2D eigenvalue weighted by Crippen LogP contribution is 2.34. The molecule has 2 nitrogen and oxygen atoms in total. The van der Waals surface area contributed by atoms with Crippen LogP contribution in [0.4, 0.5) is 5.69 Å². The van der Waals surface area contributed by atoms with E-state index in [1.807, 2.05) is 0 Å². The van der Waals surface area contributed by atoms with Gasteiger partial charge in [-0.25, -0.2) is 0 Å². The lowest BCUT2D eigenvalue weighted by Crippen LogP contribution is -2.05. The lowest BCUT2D eigenvalue weighted by Gasteiger charge is -2.03. The molecule has 14 heavy (non-hydrogen) atoms. The minimum Gasteiger partial charge on any atom is -0.398 e. The molecule has 0 saturated heterocycles. The molecule has 0 radical (unpaired) electrons. The molecule has 0 spiro atoms. The minimum atomic E-state index is 0. The number of nitrogens with two attached hydrogens (primary N) is 1. The molecule has 2 rings (SSSR count). The van der Waals surface area contributed by atoms with Gasteiger partial charge in [0.05, 0.1) is 0 Å². The van der Waals surface area contributed by atoms with Crippen LogP contribution in [-0.2, 0) is 0 Å². The lowest BCUT2D eigenvalue weighted by molar-refractivity contribution is 0.0968. The summed E-state index contributed by atoms with van der Waals surface area (Å²) in [6.45, 7) is 0. The highest BCUT2D eigenvalue weighted by molar-refractivity contribution is 6.31. The lowest BCUT2D eigenvalue weighted by atomic mass is 10.1. The molecular formula is C10H11Cl2NO. The molecule has 0 heterocycles. The largest absolute Gasteiger partial charge is 0.398 e. The monoisotopic (exact) mass is 231 g/mol. The number of hydrogen-bond acceptors (Lipinski definition) is 2. The number of Topliss-reactive ketones (excluding diaryl/α,β-unsaturated/α-hetero) is 1. The fraction of sp³-hybridized carbons (Fsp3) is 0.300. The SMILES string of the molecule is Cl.Nc1ccc(Cl)cc1C(=O)C1CC1. The molecular weight excluding hydrogens is 221 g/mol. The second kappa shape index (κ2) is 4.20. The third kappa shape index (κ3) is 2.20. The maximum Gasteiger partial charge on any atom is 0.168 e. The first-order valence-corrected chi connectivity index (χ1v) is 4.65. The summed E-state index contributed by atoms with van der Waals surface area (Å²) in [5.74, 6) is 0.334. The maximum absolute atomic E-state index is 11.6. The Hall–Kier alpha value is -0.730. The van der Waals surface area contributed by atoms with E-state index in [1.165, 1.54) is 0 Å². The zero-order valence-corrected chi connectivity index (χ0v) is 9.07. The maximum atomic E-state index is 11.6. The van der Waals surface area contributed by atoms with Crippen molar-refractivity contribution in [2.45, 2.75) is 12.8 Å². The Balaban J connectivity index is 0.000000980. The van der Waals surface area contributed by atoms with E-state index < -0.39 is 0 Å². The van der Waals surface area contributed by atoms with Crippen molar-refractivity contribution in [2.24, 2.45) is 5.92 Å². The van der Waals surface area contributed by atoms with Gasteiger partial charge in [0.25, 0.3) is 0 Å². The average molecular weight is 232 g/mol. The first kappa shape index (κ1) is 11.3. The number of rotatable bonds is 2. The van der Waals surface area contributed by atoms with Crippen LogP contribution in [0.1, 0.15) is 23.2 Å². The second-order valence-corrected chi connectivity index (χ2v) is 3.81. The standard InChI is InChI=1S/C10H10ClNO.ClH/c11-7-3-4-9(12)8(5-7)10(13)6-1-2-6;/h3-6H,1-2,12H2;1H. The van der Waals surface area contributed by atoms with Crippen LogP contribution in [0.15, 0.2) is 18.2 Å². The average Bonchev–Trinajstić information content (AvgIpc) is 2.91. The molecule has 76 valence electrons. The highest BCUT2D eigenvalue weighted by Gasteiger charge is 2.31. The van der Waals surface area contributed by atoms with Gasteiger partial charge in [0, 0.05) is 22.2 Å². The highest BCUT2D eigenvalue weighted by atomic mass is 35.5. The van der Waals surface area contributed by atoms with E-state index >= 15 is 0 Å². The van der Waals surface area contributed by atoms with Crippen molar-refractivity contribution >= 4 is 35.5 Å². The van der Waals surface area contributed by atoms with Crippen molar-refractivity contribution in [3.05, 3.63) is 28.8 Å². The Kier molecular flexibility index (Phi) is 3.40. The number of benzene rings is 1. The number of nitrogen functional groups attached to an aromatic ring is 1. The number of anilines is 1. The van der Waals surface area contributed by atoms with Gasteiger partial charge in [0.15, 0.2) is 5.78 Å². The molecule has 1 saturated carbocycles. The van der Waals surface area contributed by atoms with Crippen molar-refractivity contribution in [1.29, 1.82) is 0 Å². The van der Waals surface area contributed by atoms with Crippen LogP contribution in [0.25, 0.3) is 0 Å². The van der Waals surface area contributed by atoms with Crippen LogP contribution in [-0.4, -0.2) is 5.78 Å². The normalized spacial score (nSPS) is 14.6. The summed E-state index contributed by atoms with van der Waals surface area (Å²) in [5.41, 5.74) is 6.78. The van der Waals surface area contributed by atoms with E-state index in [2.05, 4.69) is 0 Å². The van der Waals surface area contributed by atoms with E-state index in [0.29, 0.717) is 16.3 Å². The van der Waals surface area contributed by atoms with Gasteiger partial charge in [-0.15, -0.1) is 12.4 Å². The predicted octanol–water partition coefficient (Wildman–Crippen LogP) is 2.94. The third-order valence-electron chi connectivity index (χ3n) is 2.23. The molecule has 1 aliphatic rings. The quantitative estimate of drug-likeness (QED) is 0.629. The summed E-state index contributed by atoms with van der Waals surface area (Å²) in [7, 11) is 0. The van der Waals surface area contributed by atoms with E-state index in [-0.39, 0.29) is 24.1 Å². The Morgan fingerprint density at radius 2 is 2.07 bits per heavy atom. The van der Waals surface area contributed by atoms with E-state index in [0.717, 1.165) is 12.8 Å². The molecule has 0 aromatic heterocycles. The number of halogens is 2. The smallest absolute Gasteiger partial charge is 0.168 e. The predicted molar refractivity (Wildman–Crippen MR) is 60.2 cm³/mol. The molecule has 4 heteroatoms. The van der Waals surface area contributed by atoms with Gasteiger partial charge in [-0.3, -0.25) is 4.79 Å². The van der Waals surface area contributed by atoms with Crippen molar-refractivity contribution in [3.63, 3.8) is 0 Å². The van der Waals surface area contributed by atoms with Crippen molar-refractivity contribution in [3.8, 4) is 0 Å². The van der Waals surface area contributed by atoms with Crippen molar-refractivity contribution < 1.29 is 4.79 Å². The van der Waals surface area contributed by atoms with Crippen molar-refractivity contribution in [1.82, 2.24) is 0 Å². The molecule has 1 aliphatic carbocycles. The van der Waals surface area contributed by atoms with Crippen LogP contribution < -0.4 is 5.73 Å². The first-order chi connectivity index (χ1) is 6.18. The minimum absolute atomic E-state index is 0.